The lowest BCUT2D eigenvalue weighted by Gasteiger charge is -2.34. The molecule has 0 saturated carbocycles. The third kappa shape index (κ3) is 5.70. The molecule has 1 aromatic rings. The highest BCUT2D eigenvalue weighted by molar-refractivity contribution is 5.95. The average Bonchev–Trinajstić information content (AvgIpc) is 3.29. The molecule has 172 valence electrons. The molecule has 3 aliphatic heterocycles. The lowest BCUT2D eigenvalue weighted by atomic mass is 9.96. The maximum absolute atomic E-state index is 13.3. The van der Waals surface area contributed by atoms with Gasteiger partial charge in [0.05, 0.1) is 36.7 Å². The number of benzene rings is 1. The van der Waals surface area contributed by atoms with E-state index in [1.54, 1.807) is 0 Å². The van der Waals surface area contributed by atoms with Crippen molar-refractivity contribution in [1.29, 1.82) is 0 Å². The van der Waals surface area contributed by atoms with Crippen LogP contribution >= 0.6 is 0 Å². The normalized spacial score (nSPS) is 22.1. The molecule has 6 nitrogen and oxygen atoms in total. The Hall–Kier alpha value is -1.84. The van der Waals surface area contributed by atoms with E-state index >= 15 is 0 Å². The van der Waals surface area contributed by atoms with Gasteiger partial charge in [-0.15, -0.1) is 0 Å². The van der Waals surface area contributed by atoms with Crippen LogP contribution in [-0.4, -0.2) is 63.0 Å². The van der Waals surface area contributed by atoms with Crippen molar-refractivity contribution in [2.45, 2.75) is 44.6 Å². The van der Waals surface area contributed by atoms with Crippen LogP contribution in [0.1, 0.15) is 37.7 Å². The molecule has 0 spiro atoms. The van der Waals surface area contributed by atoms with Gasteiger partial charge in [-0.25, -0.2) is 0 Å². The molecule has 0 radical (unpaired) electrons. The molecular weight excluding hydrogens is 411 g/mol. The second-order valence-corrected chi connectivity index (χ2v) is 8.55. The zero-order valence-corrected chi connectivity index (χ0v) is 17.6. The summed E-state index contributed by atoms with van der Waals surface area (Å²) in [6, 6.07) is 3.64. The molecule has 1 aromatic carbocycles. The summed E-state index contributed by atoms with van der Waals surface area (Å²) in [5, 5.41) is 2.76. The fourth-order valence-corrected chi connectivity index (χ4v) is 4.65. The Kier molecular flexibility index (Phi) is 7.03. The molecule has 3 aliphatic rings. The SMILES string of the molecule is O=C(CN1CCC(C2OCCO2)CC1)Nc1cc(C(F)(F)F)ccc1N1CCCCC1. The van der Waals surface area contributed by atoms with Gasteiger partial charge in [-0.3, -0.25) is 9.69 Å². The first-order valence-electron chi connectivity index (χ1n) is 11.1. The topological polar surface area (TPSA) is 54.0 Å². The van der Waals surface area contributed by atoms with E-state index < -0.39 is 11.7 Å². The minimum absolute atomic E-state index is 0.145. The number of nitrogens with one attached hydrogen (secondary N) is 1. The minimum atomic E-state index is -4.45. The molecule has 3 saturated heterocycles. The summed E-state index contributed by atoms with van der Waals surface area (Å²) in [6.07, 6.45) is 0.266. The molecular formula is C22H30F3N3O3. The highest BCUT2D eigenvalue weighted by Crippen LogP contribution is 2.36. The van der Waals surface area contributed by atoms with Gasteiger partial charge in [0.25, 0.3) is 0 Å². The standard InChI is InChI=1S/C22H30F3N3O3/c23-22(24,25)17-4-5-19(28-8-2-1-3-9-28)18(14-17)26-20(29)15-27-10-6-16(7-11-27)21-30-12-13-31-21/h4-5,14,16,21H,1-3,6-13,15H2,(H,26,29). The summed E-state index contributed by atoms with van der Waals surface area (Å²) in [7, 11) is 0. The number of likely N-dealkylation sites (tertiary alicyclic amines) is 1. The van der Waals surface area contributed by atoms with Crippen LogP contribution in [0.5, 0.6) is 0 Å². The predicted molar refractivity (Wildman–Crippen MR) is 111 cm³/mol. The Morgan fingerprint density at radius 2 is 1.71 bits per heavy atom. The summed E-state index contributed by atoms with van der Waals surface area (Å²) in [6.45, 7) is 4.47. The zero-order valence-electron chi connectivity index (χ0n) is 17.6. The number of hydrogen-bond donors (Lipinski definition) is 1. The number of anilines is 2. The Balaban J connectivity index is 1.39. The van der Waals surface area contributed by atoms with Gasteiger partial charge >= 0.3 is 6.18 Å². The lowest BCUT2D eigenvalue weighted by Crippen LogP contribution is -2.42. The number of carbonyl (C=O) groups is 1. The van der Waals surface area contributed by atoms with Crippen LogP contribution in [0.2, 0.25) is 0 Å². The lowest BCUT2D eigenvalue weighted by molar-refractivity contribution is -0.137. The summed E-state index contributed by atoms with van der Waals surface area (Å²) in [5.41, 5.74) is 0.153. The maximum Gasteiger partial charge on any atom is 0.416 e. The van der Waals surface area contributed by atoms with Crippen molar-refractivity contribution in [1.82, 2.24) is 4.90 Å². The van der Waals surface area contributed by atoms with Gasteiger partial charge in [-0.2, -0.15) is 13.2 Å². The summed E-state index contributed by atoms with van der Waals surface area (Å²) in [5.74, 6) is 0.0420. The smallest absolute Gasteiger partial charge is 0.370 e. The van der Waals surface area contributed by atoms with E-state index in [0.29, 0.717) is 24.8 Å². The van der Waals surface area contributed by atoms with Crippen LogP contribution < -0.4 is 10.2 Å². The van der Waals surface area contributed by atoms with Crippen molar-refractivity contribution in [2.75, 3.05) is 56.2 Å². The first-order valence-corrected chi connectivity index (χ1v) is 11.1. The van der Waals surface area contributed by atoms with Gasteiger partial charge in [0, 0.05) is 19.0 Å². The summed E-state index contributed by atoms with van der Waals surface area (Å²) in [4.78, 5) is 16.8. The largest absolute Gasteiger partial charge is 0.416 e. The number of ether oxygens (including phenoxy) is 2. The fourth-order valence-electron chi connectivity index (χ4n) is 4.65. The monoisotopic (exact) mass is 441 g/mol. The number of alkyl halides is 3. The third-order valence-electron chi connectivity index (χ3n) is 6.33. The molecule has 3 fully saturated rings. The van der Waals surface area contributed by atoms with E-state index in [-0.39, 0.29) is 24.4 Å². The van der Waals surface area contributed by atoms with E-state index in [1.807, 2.05) is 4.90 Å². The van der Waals surface area contributed by atoms with Crippen molar-refractivity contribution < 1.29 is 27.4 Å². The van der Waals surface area contributed by atoms with Gasteiger partial charge < -0.3 is 19.7 Å². The Morgan fingerprint density at radius 1 is 1.03 bits per heavy atom. The van der Waals surface area contributed by atoms with Gasteiger partial charge in [0.2, 0.25) is 5.91 Å². The second-order valence-electron chi connectivity index (χ2n) is 8.55. The predicted octanol–water partition coefficient (Wildman–Crippen LogP) is 3.72. The average molecular weight is 441 g/mol. The molecule has 0 bridgehead atoms. The molecule has 0 aliphatic carbocycles. The van der Waals surface area contributed by atoms with Crippen molar-refractivity contribution in [3.63, 3.8) is 0 Å². The van der Waals surface area contributed by atoms with Crippen LogP contribution in [0.15, 0.2) is 18.2 Å². The van der Waals surface area contributed by atoms with E-state index in [2.05, 4.69) is 10.2 Å². The third-order valence-corrected chi connectivity index (χ3v) is 6.33. The van der Waals surface area contributed by atoms with Crippen molar-refractivity contribution in [2.24, 2.45) is 5.92 Å². The van der Waals surface area contributed by atoms with Crippen molar-refractivity contribution >= 4 is 17.3 Å². The number of halogens is 3. The van der Waals surface area contributed by atoms with E-state index in [4.69, 9.17) is 9.47 Å². The van der Waals surface area contributed by atoms with Gasteiger partial charge in [-0.1, -0.05) is 0 Å². The van der Waals surface area contributed by atoms with E-state index in [0.717, 1.165) is 70.4 Å². The molecule has 0 unspecified atom stereocenters. The van der Waals surface area contributed by atoms with Crippen LogP contribution in [0.4, 0.5) is 24.5 Å². The number of nitrogens with zero attached hydrogens (tertiary/aromatic N) is 2. The molecule has 4 rings (SSSR count). The number of amides is 1. The molecule has 0 aromatic heterocycles. The fraction of sp³-hybridized carbons (Fsp3) is 0.682. The first kappa shape index (κ1) is 22.4. The van der Waals surface area contributed by atoms with Gasteiger partial charge in [0.1, 0.15) is 0 Å². The molecule has 3 heterocycles. The number of hydrogen-bond acceptors (Lipinski definition) is 5. The van der Waals surface area contributed by atoms with Gasteiger partial charge in [-0.05, 0) is 63.4 Å². The van der Waals surface area contributed by atoms with Gasteiger partial charge in [0.15, 0.2) is 6.29 Å². The van der Waals surface area contributed by atoms with Crippen LogP contribution in [0.25, 0.3) is 0 Å². The highest BCUT2D eigenvalue weighted by Gasteiger charge is 2.33. The number of rotatable bonds is 5. The molecule has 9 heteroatoms. The summed E-state index contributed by atoms with van der Waals surface area (Å²) < 4.78 is 50.9. The van der Waals surface area contributed by atoms with E-state index in [1.165, 1.54) is 6.07 Å². The molecule has 0 atom stereocenters. The summed E-state index contributed by atoms with van der Waals surface area (Å²) >= 11 is 0. The molecule has 1 amide bonds. The Labute approximate surface area is 180 Å². The van der Waals surface area contributed by atoms with E-state index in [9.17, 15) is 18.0 Å². The molecule has 1 N–H and O–H groups in total. The van der Waals surface area contributed by atoms with Crippen molar-refractivity contribution in [3.8, 4) is 0 Å². The van der Waals surface area contributed by atoms with Crippen LogP contribution in [-0.2, 0) is 20.4 Å². The first-order chi connectivity index (χ1) is 14.9. The zero-order chi connectivity index (χ0) is 21.8. The van der Waals surface area contributed by atoms with Crippen LogP contribution in [0, 0.1) is 5.92 Å². The Bertz CT molecular complexity index is 754. The minimum Gasteiger partial charge on any atom is -0.370 e. The Morgan fingerprint density at radius 3 is 2.35 bits per heavy atom. The highest BCUT2D eigenvalue weighted by atomic mass is 19.4. The maximum atomic E-state index is 13.3. The van der Waals surface area contributed by atoms with Crippen molar-refractivity contribution in [3.05, 3.63) is 23.8 Å². The molecule has 31 heavy (non-hydrogen) atoms. The quantitative estimate of drug-likeness (QED) is 0.755. The second kappa shape index (κ2) is 9.75. The number of piperidine rings is 2. The van der Waals surface area contributed by atoms with Crippen LogP contribution in [0.3, 0.4) is 0 Å². The number of carbonyl (C=O) groups excluding carboxylic acids is 1.